The molecule has 0 spiro atoms. The van der Waals surface area contributed by atoms with Crippen LogP contribution >= 0.6 is 11.8 Å². The molecule has 7 aromatic rings. The van der Waals surface area contributed by atoms with E-state index in [0.29, 0.717) is 11.8 Å². The molecule has 3 unspecified atom stereocenters. The molecule has 0 radical (unpaired) electrons. The van der Waals surface area contributed by atoms with Crippen molar-refractivity contribution in [1.29, 1.82) is 0 Å². The van der Waals surface area contributed by atoms with E-state index in [1.807, 2.05) is 23.9 Å². The lowest BCUT2D eigenvalue weighted by Crippen LogP contribution is -2.46. The maximum absolute atomic E-state index is 5.44. The smallest absolute Gasteiger partial charge is 0.160 e. The van der Waals surface area contributed by atoms with Crippen molar-refractivity contribution in [3.63, 3.8) is 0 Å². The maximum atomic E-state index is 5.44. The third-order valence-electron chi connectivity index (χ3n) is 10.8. The number of nitrogens with zero attached hydrogens (tertiary/aromatic N) is 3. The molecule has 1 aromatic heterocycles. The minimum absolute atomic E-state index is 0.0291. The summed E-state index contributed by atoms with van der Waals surface area (Å²) in [7, 11) is 0. The fourth-order valence-corrected chi connectivity index (χ4v) is 9.59. The molecule has 2 aliphatic heterocycles. The summed E-state index contributed by atoms with van der Waals surface area (Å²) in [6.07, 6.45) is 9.10. The molecule has 6 aromatic carbocycles. The Bertz CT molecular complexity index is 2650. The van der Waals surface area contributed by atoms with Crippen LogP contribution in [-0.4, -0.2) is 21.0 Å². The highest BCUT2D eigenvalue weighted by Crippen LogP contribution is 2.56. The molecule has 250 valence electrons. The first-order valence-electron chi connectivity index (χ1n) is 17.9. The summed E-state index contributed by atoms with van der Waals surface area (Å²) in [6, 6.07) is 52.0. The number of amidine groups is 2. The summed E-state index contributed by atoms with van der Waals surface area (Å²) >= 11 is 1.97. The van der Waals surface area contributed by atoms with Crippen molar-refractivity contribution in [3.05, 3.63) is 192 Å². The van der Waals surface area contributed by atoms with Gasteiger partial charge in [-0.05, 0) is 72.5 Å². The normalized spacial score (nSPS) is 21.8. The number of thioether (sulfide) groups is 1. The van der Waals surface area contributed by atoms with E-state index in [1.165, 1.54) is 27.0 Å². The topological polar surface area (TPSA) is 41.7 Å². The van der Waals surface area contributed by atoms with Gasteiger partial charge in [0.2, 0.25) is 0 Å². The maximum Gasteiger partial charge on any atom is 0.160 e. The molecule has 5 heteroatoms. The number of nitrogens with one attached hydrogen (secondary N) is 1. The molecule has 0 bridgehead atoms. The molecular weight excluding hydrogens is 653 g/mol. The van der Waals surface area contributed by atoms with Crippen LogP contribution in [0.3, 0.4) is 0 Å². The first-order chi connectivity index (χ1) is 25.5. The molecule has 0 saturated carbocycles. The Labute approximate surface area is 308 Å². The lowest BCUT2D eigenvalue weighted by molar-refractivity contribution is 0.455. The van der Waals surface area contributed by atoms with Crippen molar-refractivity contribution >= 4 is 45.2 Å². The van der Waals surface area contributed by atoms with Gasteiger partial charge in [0.15, 0.2) is 11.5 Å². The molecule has 3 atom stereocenters. The zero-order chi connectivity index (χ0) is 34.9. The highest BCUT2D eigenvalue weighted by atomic mass is 32.2. The Hall–Kier alpha value is -5.91. The lowest BCUT2D eigenvalue weighted by atomic mass is 9.84. The predicted molar refractivity (Wildman–Crippen MR) is 218 cm³/mol. The highest BCUT2D eigenvalue weighted by Gasteiger charge is 2.41. The first kappa shape index (κ1) is 30.9. The third kappa shape index (κ3) is 4.91. The quantitative estimate of drug-likeness (QED) is 0.196. The molecule has 0 amide bonds. The van der Waals surface area contributed by atoms with Crippen LogP contribution in [0.1, 0.15) is 42.0 Å². The van der Waals surface area contributed by atoms with Gasteiger partial charge in [0.1, 0.15) is 5.84 Å². The molecule has 3 aliphatic rings. The summed E-state index contributed by atoms with van der Waals surface area (Å²) in [5.74, 6) is 1.84. The van der Waals surface area contributed by atoms with E-state index in [9.17, 15) is 0 Å². The Morgan fingerprint density at radius 1 is 0.673 bits per heavy atom. The van der Waals surface area contributed by atoms with Crippen molar-refractivity contribution in [3.8, 4) is 16.8 Å². The van der Waals surface area contributed by atoms with Gasteiger partial charge in [0, 0.05) is 43.1 Å². The standard InChI is InChI=1S/C47H36N4S/c1-46-28-13-12-22-39(46)37-30-35(25-27-42(37)52-46)51-40-26-24-33(31-15-6-3-7-16-31)29-38(40)43-36(21-14-23-41(43)51)45-48-44(32-17-8-4-9-18-32)49-47(2,50-45)34-19-10-5-11-20-34/h3-30,39H,1-2H3,(H,48,49,50). The Kier molecular flexibility index (Phi) is 7.02. The van der Waals surface area contributed by atoms with E-state index < -0.39 is 5.66 Å². The number of hydrogen-bond acceptors (Lipinski definition) is 4. The SMILES string of the molecule is CC1(c2ccccc2)N=C(c2cccc3c2c2cc(-c4ccccc4)ccc2n3-c2ccc3c(c2)C2C=CC=CC2(C)S3)N=C(c2ccccc2)N1. The second-order valence-electron chi connectivity index (χ2n) is 14.2. The number of aromatic nitrogens is 1. The zero-order valence-electron chi connectivity index (χ0n) is 29.0. The van der Waals surface area contributed by atoms with Gasteiger partial charge in [-0.15, -0.1) is 11.8 Å². The summed E-state index contributed by atoms with van der Waals surface area (Å²) in [6.45, 7) is 4.50. The monoisotopic (exact) mass is 688 g/mol. The van der Waals surface area contributed by atoms with Crippen molar-refractivity contribution in [2.24, 2.45) is 9.98 Å². The molecular formula is C47H36N4S. The highest BCUT2D eigenvalue weighted by molar-refractivity contribution is 8.01. The summed E-state index contributed by atoms with van der Waals surface area (Å²) in [4.78, 5) is 12.1. The second kappa shape index (κ2) is 11.8. The van der Waals surface area contributed by atoms with Crippen LogP contribution in [0.4, 0.5) is 0 Å². The van der Waals surface area contributed by atoms with Gasteiger partial charge in [-0.2, -0.15) is 0 Å². The predicted octanol–water partition coefficient (Wildman–Crippen LogP) is 11.2. The van der Waals surface area contributed by atoms with Crippen LogP contribution in [-0.2, 0) is 5.66 Å². The van der Waals surface area contributed by atoms with E-state index in [-0.39, 0.29) is 4.75 Å². The molecule has 4 nitrogen and oxygen atoms in total. The van der Waals surface area contributed by atoms with Crippen LogP contribution in [0.2, 0.25) is 0 Å². The van der Waals surface area contributed by atoms with Crippen LogP contribution in [0.15, 0.2) is 185 Å². The Balaban J connectivity index is 1.24. The van der Waals surface area contributed by atoms with Gasteiger partial charge in [-0.3, -0.25) is 0 Å². The third-order valence-corrected chi connectivity index (χ3v) is 12.2. The minimum Gasteiger partial charge on any atom is -0.342 e. The number of rotatable bonds is 5. The first-order valence-corrected chi connectivity index (χ1v) is 18.7. The van der Waals surface area contributed by atoms with Gasteiger partial charge >= 0.3 is 0 Å². The Morgan fingerprint density at radius 3 is 2.21 bits per heavy atom. The summed E-state index contributed by atoms with van der Waals surface area (Å²) in [5, 5.41) is 6.02. The number of allylic oxidation sites excluding steroid dienone is 3. The number of hydrogen-bond donors (Lipinski definition) is 1. The van der Waals surface area contributed by atoms with Crippen LogP contribution in [0.5, 0.6) is 0 Å². The lowest BCUT2D eigenvalue weighted by Gasteiger charge is -2.33. The van der Waals surface area contributed by atoms with Crippen LogP contribution in [0.25, 0.3) is 38.6 Å². The van der Waals surface area contributed by atoms with Gasteiger partial charge in [0.05, 0.1) is 11.0 Å². The fraction of sp³-hybridized carbons (Fsp3) is 0.106. The average molecular weight is 689 g/mol. The fourth-order valence-electron chi connectivity index (χ4n) is 8.20. The van der Waals surface area contributed by atoms with Gasteiger partial charge in [-0.25, -0.2) is 9.98 Å². The molecule has 1 aliphatic carbocycles. The number of benzene rings is 6. The molecule has 1 N–H and O–H groups in total. The van der Waals surface area contributed by atoms with Crippen LogP contribution < -0.4 is 5.32 Å². The molecule has 10 rings (SSSR count). The number of fused-ring (bicyclic) bond motifs is 6. The van der Waals surface area contributed by atoms with Crippen molar-refractivity contribution in [2.75, 3.05) is 0 Å². The van der Waals surface area contributed by atoms with Crippen LogP contribution in [0, 0.1) is 0 Å². The molecule has 52 heavy (non-hydrogen) atoms. The van der Waals surface area contributed by atoms with E-state index in [1.54, 1.807) is 0 Å². The van der Waals surface area contributed by atoms with E-state index in [2.05, 4.69) is 181 Å². The zero-order valence-corrected chi connectivity index (χ0v) is 29.8. The van der Waals surface area contributed by atoms with Crippen molar-refractivity contribution in [1.82, 2.24) is 9.88 Å². The van der Waals surface area contributed by atoms with Crippen molar-refractivity contribution in [2.45, 2.75) is 35.1 Å². The molecule has 0 fully saturated rings. The summed E-state index contributed by atoms with van der Waals surface area (Å²) in [5.41, 5.74) is 9.57. The van der Waals surface area contributed by atoms with E-state index >= 15 is 0 Å². The van der Waals surface area contributed by atoms with E-state index in [4.69, 9.17) is 9.98 Å². The van der Waals surface area contributed by atoms with Gasteiger partial charge in [-0.1, -0.05) is 133 Å². The largest absolute Gasteiger partial charge is 0.342 e. The average Bonchev–Trinajstić information content (AvgIpc) is 3.69. The minimum atomic E-state index is -0.731. The van der Waals surface area contributed by atoms with Gasteiger partial charge in [0.25, 0.3) is 0 Å². The Morgan fingerprint density at radius 2 is 1.42 bits per heavy atom. The van der Waals surface area contributed by atoms with Gasteiger partial charge < -0.3 is 9.88 Å². The van der Waals surface area contributed by atoms with E-state index in [0.717, 1.165) is 44.6 Å². The van der Waals surface area contributed by atoms with Crippen molar-refractivity contribution < 1.29 is 0 Å². The summed E-state index contributed by atoms with van der Waals surface area (Å²) < 4.78 is 2.47. The molecule has 3 heterocycles. The molecule has 0 saturated heterocycles. The number of aliphatic imine (C=N–C) groups is 2. The second-order valence-corrected chi connectivity index (χ2v) is 15.7.